The average Bonchev–Trinajstić information content (AvgIpc) is 3.24. The zero-order chi connectivity index (χ0) is 22.1. The van der Waals surface area contributed by atoms with E-state index in [0.717, 1.165) is 36.8 Å². The summed E-state index contributed by atoms with van der Waals surface area (Å²) in [5, 5.41) is 11.6. The van der Waals surface area contributed by atoms with Crippen LogP contribution in [0, 0.1) is 5.82 Å². The largest absolute Gasteiger partial charge is 0.368 e. The van der Waals surface area contributed by atoms with Crippen molar-refractivity contribution in [2.75, 3.05) is 22.5 Å². The van der Waals surface area contributed by atoms with Crippen molar-refractivity contribution in [3.63, 3.8) is 0 Å². The Morgan fingerprint density at radius 2 is 1.97 bits per heavy atom. The standard InChI is InChI=1S/C24H26FN7/c1-2-11-24(30-21-19-13-27-31-22(19)29-23(26)28-21)12-17-5-3-4-6-20(17)32(15-24)14-16-7-9-18(25)10-8-16/h3-10,13H,2,11-12,14-15H2,1H3,(H4,26,27,28,29,30,31). The molecule has 1 unspecified atom stereocenters. The fourth-order valence-corrected chi connectivity index (χ4v) is 4.78. The Hall–Kier alpha value is -3.68. The maximum Gasteiger partial charge on any atom is 0.224 e. The molecule has 0 spiro atoms. The SMILES string of the molecule is CCCC1(Nc2nc(N)nc3[nH]ncc23)Cc2ccccc2N(Cc2ccc(F)cc2)C1. The number of anilines is 3. The Morgan fingerprint density at radius 3 is 2.78 bits per heavy atom. The van der Waals surface area contributed by atoms with Crippen LogP contribution in [0.25, 0.3) is 11.0 Å². The van der Waals surface area contributed by atoms with Gasteiger partial charge >= 0.3 is 0 Å². The highest BCUT2D eigenvalue weighted by Crippen LogP contribution is 2.37. The van der Waals surface area contributed by atoms with Crippen LogP contribution in [0.2, 0.25) is 0 Å². The highest BCUT2D eigenvalue weighted by Gasteiger charge is 2.38. The van der Waals surface area contributed by atoms with Gasteiger partial charge in [-0.05, 0) is 42.2 Å². The first kappa shape index (κ1) is 20.2. The van der Waals surface area contributed by atoms with Gasteiger partial charge in [-0.15, -0.1) is 0 Å². The van der Waals surface area contributed by atoms with Crippen molar-refractivity contribution >= 4 is 28.5 Å². The summed E-state index contributed by atoms with van der Waals surface area (Å²) in [5.74, 6) is 0.673. The lowest BCUT2D eigenvalue weighted by Crippen LogP contribution is -2.54. The number of hydrogen-bond acceptors (Lipinski definition) is 6. The summed E-state index contributed by atoms with van der Waals surface area (Å²) >= 11 is 0. The number of H-pyrrole nitrogens is 1. The molecule has 0 saturated carbocycles. The lowest BCUT2D eigenvalue weighted by Gasteiger charge is -2.45. The molecule has 0 aliphatic carbocycles. The smallest absolute Gasteiger partial charge is 0.224 e. The first-order chi connectivity index (χ1) is 15.5. The molecule has 1 aliphatic rings. The summed E-state index contributed by atoms with van der Waals surface area (Å²) in [6, 6.07) is 15.2. The van der Waals surface area contributed by atoms with E-state index in [4.69, 9.17) is 5.73 Å². The van der Waals surface area contributed by atoms with E-state index >= 15 is 0 Å². The zero-order valence-corrected chi connectivity index (χ0v) is 18.0. The Bertz CT molecular complexity index is 1240. The Balaban J connectivity index is 1.54. The van der Waals surface area contributed by atoms with E-state index in [0.29, 0.717) is 18.0 Å². The van der Waals surface area contributed by atoms with Crippen LogP contribution in [-0.2, 0) is 13.0 Å². The number of nitrogens with one attached hydrogen (secondary N) is 2. The van der Waals surface area contributed by atoms with Crippen LogP contribution >= 0.6 is 0 Å². The molecule has 3 heterocycles. The third kappa shape index (κ3) is 3.84. The molecule has 7 nitrogen and oxygen atoms in total. The number of nitrogen functional groups attached to an aromatic ring is 1. The molecule has 0 bridgehead atoms. The number of benzene rings is 2. The van der Waals surface area contributed by atoms with Crippen LogP contribution < -0.4 is 16.0 Å². The average molecular weight is 432 g/mol. The monoisotopic (exact) mass is 431 g/mol. The lowest BCUT2D eigenvalue weighted by atomic mass is 9.81. The topological polar surface area (TPSA) is 95.8 Å². The molecule has 0 saturated heterocycles. The van der Waals surface area contributed by atoms with Gasteiger partial charge in [0.05, 0.1) is 17.1 Å². The first-order valence-electron chi connectivity index (χ1n) is 10.9. The molecule has 1 aliphatic heterocycles. The highest BCUT2D eigenvalue weighted by atomic mass is 19.1. The Morgan fingerprint density at radius 1 is 1.16 bits per heavy atom. The van der Waals surface area contributed by atoms with Gasteiger partial charge in [-0.1, -0.05) is 43.7 Å². The summed E-state index contributed by atoms with van der Waals surface area (Å²) in [6.07, 6.45) is 4.54. The van der Waals surface area contributed by atoms with Gasteiger partial charge in [0.25, 0.3) is 0 Å². The van der Waals surface area contributed by atoms with Crippen molar-refractivity contribution in [2.45, 2.75) is 38.3 Å². The zero-order valence-electron chi connectivity index (χ0n) is 18.0. The number of nitrogens with zero attached hydrogens (tertiary/aromatic N) is 4. The second-order valence-electron chi connectivity index (χ2n) is 8.51. The van der Waals surface area contributed by atoms with Crippen molar-refractivity contribution in [1.82, 2.24) is 20.2 Å². The molecular formula is C24H26FN7. The number of fused-ring (bicyclic) bond motifs is 2. The molecule has 0 fully saturated rings. The van der Waals surface area contributed by atoms with Gasteiger partial charge in [-0.25, -0.2) is 4.39 Å². The number of aromatic nitrogens is 4. The summed E-state index contributed by atoms with van der Waals surface area (Å²) in [7, 11) is 0. The molecule has 2 aromatic heterocycles. The van der Waals surface area contributed by atoms with E-state index in [1.165, 1.54) is 23.4 Å². The molecule has 2 aromatic carbocycles. The van der Waals surface area contributed by atoms with E-state index in [9.17, 15) is 4.39 Å². The second kappa shape index (κ2) is 8.11. The molecule has 32 heavy (non-hydrogen) atoms. The van der Waals surface area contributed by atoms with E-state index in [-0.39, 0.29) is 17.3 Å². The van der Waals surface area contributed by atoms with Crippen LogP contribution in [0.3, 0.4) is 0 Å². The summed E-state index contributed by atoms with van der Waals surface area (Å²) in [4.78, 5) is 11.1. The normalized spacial score (nSPS) is 18.0. The lowest BCUT2D eigenvalue weighted by molar-refractivity contribution is 0.402. The highest BCUT2D eigenvalue weighted by molar-refractivity contribution is 5.87. The van der Waals surface area contributed by atoms with E-state index in [1.807, 2.05) is 12.1 Å². The molecule has 4 aromatic rings. The van der Waals surface area contributed by atoms with Gasteiger partial charge in [-0.2, -0.15) is 15.1 Å². The number of rotatable bonds is 6. The minimum atomic E-state index is -0.256. The minimum absolute atomic E-state index is 0.204. The molecule has 0 radical (unpaired) electrons. The fourth-order valence-electron chi connectivity index (χ4n) is 4.78. The predicted octanol–water partition coefficient (Wildman–Crippen LogP) is 4.29. The van der Waals surface area contributed by atoms with Crippen LogP contribution in [-0.4, -0.2) is 32.2 Å². The van der Waals surface area contributed by atoms with E-state index in [1.54, 1.807) is 6.20 Å². The maximum absolute atomic E-state index is 13.5. The molecule has 1 atom stereocenters. The fraction of sp³-hybridized carbons (Fsp3) is 0.292. The quantitative estimate of drug-likeness (QED) is 0.422. The third-order valence-electron chi connectivity index (χ3n) is 6.08. The van der Waals surface area contributed by atoms with Crippen molar-refractivity contribution in [1.29, 1.82) is 0 Å². The van der Waals surface area contributed by atoms with Crippen molar-refractivity contribution < 1.29 is 4.39 Å². The molecular weight excluding hydrogens is 405 g/mol. The predicted molar refractivity (Wildman–Crippen MR) is 125 cm³/mol. The molecule has 4 N–H and O–H groups in total. The number of aromatic amines is 1. The van der Waals surface area contributed by atoms with Crippen LogP contribution in [0.15, 0.2) is 54.7 Å². The second-order valence-corrected chi connectivity index (χ2v) is 8.51. The molecule has 8 heteroatoms. The van der Waals surface area contributed by atoms with Crippen molar-refractivity contribution in [2.24, 2.45) is 0 Å². The van der Waals surface area contributed by atoms with Crippen molar-refractivity contribution in [3.05, 3.63) is 71.7 Å². The maximum atomic E-state index is 13.5. The molecule has 5 rings (SSSR count). The van der Waals surface area contributed by atoms with Gasteiger partial charge in [0.15, 0.2) is 5.65 Å². The third-order valence-corrected chi connectivity index (χ3v) is 6.08. The first-order valence-corrected chi connectivity index (χ1v) is 10.9. The number of para-hydroxylation sites is 1. The Labute approximate surface area is 185 Å². The van der Waals surface area contributed by atoms with E-state index in [2.05, 4.69) is 61.6 Å². The van der Waals surface area contributed by atoms with Gasteiger partial charge in [-0.3, -0.25) is 5.10 Å². The van der Waals surface area contributed by atoms with E-state index < -0.39 is 0 Å². The number of halogens is 1. The Kier molecular flexibility index (Phi) is 5.13. The molecule has 164 valence electrons. The summed E-state index contributed by atoms with van der Waals surface area (Å²) in [6.45, 7) is 3.66. The minimum Gasteiger partial charge on any atom is -0.368 e. The van der Waals surface area contributed by atoms with Gasteiger partial charge < -0.3 is 16.0 Å². The van der Waals surface area contributed by atoms with Gasteiger partial charge in [0.2, 0.25) is 5.95 Å². The summed E-state index contributed by atoms with van der Waals surface area (Å²) < 4.78 is 13.5. The van der Waals surface area contributed by atoms with Crippen LogP contribution in [0.1, 0.15) is 30.9 Å². The van der Waals surface area contributed by atoms with Crippen molar-refractivity contribution in [3.8, 4) is 0 Å². The summed E-state index contributed by atoms with van der Waals surface area (Å²) in [5.41, 5.74) is 9.88. The van der Waals surface area contributed by atoms with Gasteiger partial charge in [0.1, 0.15) is 11.6 Å². The number of nitrogens with two attached hydrogens (primary N) is 1. The molecule has 0 amide bonds. The van der Waals surface area contributed by atoms with Crippen LogP contribution in [0.4, 0.5) is 21.8 Å². The number of hydrogen-bond donors (Lipinski definition) is 3. The van der Waals surface area contributed by atoms with Crippen LogP contribution in [0.5, 0.6) is 0 Å². The van der Waals surface area contributed by atoms with Gasteiger partial charge in [0, 0.05) is 18.8 Å².